The van der Waals surface area contributed by atoms with Gasteiger partial charge in [-0.2, -0.15) is 0 Å². The predicted molar refractivity (Wildman–Crippen MR) is 61.6 cm³/mol. The van der Waals surface area contributed by atoms with Crippen molar-refractivity contribution in [1.29, 1.82) is 0 Å². The van der Waals surface area contributed by atoms with Crippen LogP contribution in [-0.2, 0) is 9.59 Å². The van der Waals surface area contributed by atoms with Gasteiger partial charge in [0.2, 0.25) is 5.91 Å². The molecule has 0 aromatic heterocycles. The first-order valence-corrected chi connectivity index (χ1v) is 6.13. The Balaban J connectivity index is 2.29. The molecule has 0 bridgehead atoms. The number of β-lactam (4-membered cyclic amide) rings is 1. The van der Waals surface area contributed by atoms with Crippen molar-refractivity contribution in [2.24, 2.45) is 5.41 Å². The van der Waals surface area contributed by atoms with E-state index in [0.29, 0.717) is 12.8 Å². The second kappa shape index (κ2) is 3.52. The molecule has 1 atom stereocenters. The van der Waals surface area contributed by atoms with Gasteiger partial charge in [0.05, 0.1) is 11.8 Å². The molecule has 1 N–H and O–H groups in total. The SMILES string of the molecule is CC(C)(C)CC1=C(C(=O)O)N2C(=O)C[C@H]2S1. The highest BCUT2D eigenvalue weighted by Gasteiger charge is 2.48. The van der Waals surface area contributed by atoms with Crippen molar-refractivity contribution < 1.29 is 14.7 Å². The number of hydrogen-bond donors (Lipinski definition) is 1. The number of rotatable bonds is 2. The Morgan fingerprint density at radius 1 is 1.56 bits per heavy atom. The fourth-order valence-electron chi connectivity index (χ4n) is 1.93. The molecule has 4 nitrogen and oxygen atoms in total. The molecule has 2 rings (SSSR count). The van der Waals surface area contributed by atoms with E-state index in [2.05, 4.69) is 20.8 Å². The maximum atomic E-state index is 11.4. The Bertz CT molecular complexity index is 395. The van der Waals surface area contributed by atoms with Gasteiger partial charge in [0.25, 0.3) is 0 Å². The molecule has 2 heterocycles. The third-order valence-corrected chi connectivity index (χ3v) is 3.85. The maximum Gasteiger partial charge on any atom is 0.353 e. The molecule has 2 aliphatic heterocycles. The number of nitrogens with zero attached hydrogens (tertiary/aromatic N) is 1. The minimum atomic E-state index is -0.984. The number of carbonyl (C=O) groups excluding carboxylic acids is 1. The Labute approximate surface area is 98.7 Å². The van der Waals surface area contributed by atoms with E-state index in [0.717, 1.165) is 4.91 Å². The molecule has 1 saturated heterocycles. The molecule has 1 amide bonds. The van der Waals surface area contributed by atoms with Crippen LogP contribution in [-0.4, -0.2) is 27.3 Å². The number of carbonyl (C=O) groups is 2. The van der Waals surface area contributed by atoms with Crippen LogP contribution in [0.3, 0.4) is 0 Å². The first kappa shape index (κ1) is 11.5. The van der Waals surface area contributed by atoms with Crippen molar-refractivity contribution in [3.63, 3.8) is 0 Å². The Morgan fingerprint density at radius 2 is 2.19 bits per heavy atom. The predicted octanol–water partition coefficient (Wildman–Crippen LogP) is 2.02. The van der Waals surface area contributed by atoms with Crippen LogP contribution in [0.2, 0.25) is 0 Å². The van der Waals surface area contributed by atoms with E-state index < -0.39 is 5.97 Å². The number of aliphatic carboxylic acids is 1. The van der Waals surface area contributed by atoms with Gasteiger partial charge in [0.15, 0.2) is 0 Å². The fraction of sp³-hybridized carbons (Fsp3) is 0.636. The van der Waals surface area contributed by atoms with Gasteiger partial charge in [-0.3, -0.25) is 9.69 Å². The Kier molecular flexibility index (Phi) is 2.53. The molecule has 16 heavy (non-hydrogen) atoms. The maximum absolute atomic E-state index is 11.4. The summed E-state index contributed by atoms with van der Waals surface area (Å²) in [5.74, 6) is -1.05. The molecule has 5 heteroatoms. The van der Waals surface area contributed by atoms with E-state index in [1.54, 1.807) is 0 Å². The van der Waals surface area contributed by atoms with Crippen LogP contribution >= 0.6 is 11.8 Å². The summed E-state index contributed by atoms with van der Waals surface area (Å²) in [7, 11) is 0. The van der Waals surface area contributed by atoms with Crippen molar-refractivity contribution in [1.82, 2.24) is 4.90 Å². The molecular weight excluding hydrogens is 226 g/mol. The monoisotopic (exact) mass is 241 g/mol. The molecule has 0 radical (unpaired) electrons. The number of thioether (sulfide) groups is 1. The molecule has 0 aliphatic carbocycles. The smallest absolute Gasteiger partial charge is 0.353 e. The zero-order chi connectivity index (χ0) is 12.1. The Morgan fingerprint density at radius 3 is 2.62 bits per heavy atom. The van der Waals surface area contributed by atoms with Crippen LogP contribution in [0.5, 0.6) is 0 Å². The average molecular weight is 241 g/mol. The zero-order valence-electron chi connectivity index (χ0n) is 9.61. The molecule has 0 unspecified atom stereocenters. The normalized spacial score (nSPS) is 24.6. The van der Waals surface area contributed by atoms with Crippen molar-refractivity contribution in [3.05, 3.63) is 10.6 Å². The lowest BCUT2D eigenvalue weighted by atomic mass is 9.91. The lowest BCUT2D eigenvalue weighted by Crippen LogP contribution is -2.48. The largest absolute Gasteiger partial charge is 0.477 e. The van der Waals surface area contributed by atoms with Gasteiger partial charge >= 0.3 is 5.97 Å². The third kappa shape index (κ3) is 1.84. The summed E-state index contributed by atoms with van der Waals surface area (Å²) >= 11 is 1.53. The quantitative estimate of drug-likeness (QED) is 0.751. The van der Waals surface area contributed by atoms with Crippen molar-refractivity contribution in [2.45, 2.75) is 39.0 Å². The van der Waals surface area contributed by atoms with Crippen LogP contribution in [0.1, 0.15) is 33.6 Å². The number of allylic oxidation sites excluding steroid dienone is 1. The lowest BCUT2D eigenvalue weighted by molar-refractivity contribution is -0.145. The first-order chi connectivity index (χ1) is 7.29. The van der Waals surface area contributed by atoms with Crippen molar-refractivity contribution in [2.75, 3.05) is 0 Å². The van der Waals surface area contributed by atoms with Gasteiger partial charge in [0.1, 0.15) is 5.70 Å². The van der Waals surface area contributed by atoms with Crippen LogP contribution in [0, 0.1) is 5.41 Å². The molecule has 0 saturated carbocycles. The number of carboxylic acids is 1. The number of carboxylic acid groups (broad SMARTS) is 1. The summed E-state index contributed by atoms with van der Waals surface area (Å²) in [5.41, 5.74) is 0.248. The van der Waals surface area contributed by atoms with Gasteiger partial charge < -0.3 is 5.11 Å². The highest BCUT2D eigenvalue weighted by Crippen LogP contribution is 2.49. The minimum Gasteiger partial charge on any atom is -0.477 e. The molecule has 2 aliphatic rings. The summed E-state index contributed by atoms with van der Waals surface area (Å²) in [6.07, 6.45) is 1.18. The fourth-order valence-corrected chi connectivity index (χ4v) is 3.63. The minimum absolute atomic E-state index is 0.0379. The number of hydrogen-bond acceptors (Lipinski definition) is 3. The van der Waals surface area contributed by atoms with Crippen LogP contribution in [0.25, 0.3) is 0 Å². The van der Waals surface area contributed by atoms with Gasteiger partial charge in [-0.05, 0) is 11.8 Å². The standard InChI is InChI=1S/C11H15NO3S/c1-11(2,3)5-6-9(10(14)15)12-7(13)4-8(12)16-6/h8H,4-5H2,1-3H3,(H,14,15)/t8-/m1/s1. The highest BCUT2D eigenvalue weighted by molar-refractivity contribution is 8.04. The van der Waals surface area contributed by atoms with E-state index in [4.69, 9.17) is 5.11 Å². The third-order valence-electron chi connectivity index (χ3n) is 2.58. The van der Waals surface area contributed by atoms with Gasteiger partial charge in [0, 0.05) is 4.91 Å². The highest BCUT2D eigenvalue weighted by atomic mass is 32.2. The van der Waals surface area contributed by atoms with Crippen molar-refractivity contribution in [3.8, 4) is 0 Å². The van der Waals surface area contributed by atoms with Crippen LogP contribution < -0.4 is 0 Å². The van der Waals surface area contributed by atoms with Gasteiger partial charge in [-0.25, -0.2) is 4.79 Å². The van der Waals surface area contributed by atoms with Crippen LogP contribution in [0.4, 0.5) is 0 Å². The average Bonchev–Trinajstić information content (AvgIpc) is 2.35. The van der Waals surface area contributed by atoms with E-state index in [9.17, 15) is 9.59 Å². The van der Waals surface area contributed by atoms with Gasteiger partial charge in [-0.15, -0.1) is 11.8 Å². The van der Waals surface area contributed by atoms with E-state index in [1.165, 1.54) is 16.7 Å². The molecule has 0 spiro atoms. The molecule has 0 aromatic rings. The van der Waals surface area contributed by atoms with Crippen molar-refractivity contribution >= 4 is 23.6 Å². The van der Waals surface area contributed by atoms with Crippen LogP contribution in [0.15, 0.2) is 10.6 Å². The lowest BCUT2D eigenvalue weighted by Gasteiger charge is -2.33. The van der Waals surface area contributed by atoms with E-state index in [1.807, 2.05) is 0 Å². The van der Waals surface area contributed by atoms with E-state index in [-0.39, 0.29) is 22.4 Å². The molecule has 0 aromatic carbocycles. The first-order valence-electron chi connectivity index (χ1n) is 5.25. The van der Waals surface area contributed by atoms with E-state index >= 15 is 0 Å². The molecule has 88 valence electrons. The molecule has 1 fully saturated rings. The summed E-state index contributed by atoms with van der Waals surface area (Å²) in [5, 5.41) is 9.19. The summed E-state index contributed by atoms with van der Waals surface area (Å²) in [6, 6.07) is 0. The summed E-state index contributed by atoms with van der Waals surface area (Å²) in [4.78, 5) is 24.8. The number of fused-ring (bicyclic) bond motifs is 1. The Hall–Kier alpha value is -0.970. The zero-order valence-corrected chi connectivity index (χ0v) is 10.4. The summed E-state index contributed by atoms with van der Waals surface area (Å²) < 4.78 is 0. The topological polar surface area (TPSA) is 57.6 Å². The second-order valence-corrected chi connectivity index (χ2v) is 6.63. The van der Waals surface area contributed by atoms with Gasteiger partial charge in [-0.1, -0.05) is 20.8 Å². The summed E-state index contributed by atoms with van der Waals surface area (Å²) in [6.45, 7) is 6.20. The second-order valence-electron chi connectivity index (χ2n) is 5.35. The number of amides is 1. The molecular formula is C11H15NO3S.